The molecule has 0 fully saturated rings. The van der Waals surface area contributed by atoms with Crippen LogP contribution >= 0.6 is 0 Å². The Bertz CT molecular complexity index is 595. The summed E-state index contributed by atoms with van der Waals surface area (Å²) in [5.74, 6) is -0.238. The van der Waals surface area contributed by atoms with E-state index in [9.17, 15) is 9.59 Å². The highest BCUT2D eigenvalue weighted by atomic mass is 16.2. The molecule has 1 aromatic carbocycles. The van der Waals surface area contributed by atoms with E-state index in [1.54, 1.807) is 31.2 Å². The van der Waals surface area contributed by atoms with Gasteiger partial charge in [-0.1, -0.05) is 12.1 Å². The number of hydrogen-bond acceptors (Lipinski definition) is 3. The van der Waals surface area contributed by atoms with E-state index in [4.69, 9.17) is 5.73 Å². The van der Waals surface area contributed by atoms with Gasteiger partial charge in [-0.25, -0.2) is 0 Å². The van der Waals surface area contributed by atoms with Gasteiger partial charge in [-0.05, 0) is 24.6 Å². The molecule has 1 heterocycles. The van der Waals surface area contributed by atoms with Crippen molar-refractivity contribution in [2.24, 2.45) is 5.73 Å². The van der Waals surface area contributed by atoms with Crippen LogP contribution in [0.2, 0.25) is 0 Å². The van der Waals surface area contributed by atoms with Crippen molar-refractivity contribution in [3.63, 3.8) is 0 Å². The van der Waals surface area contributed by atoms with E-state index in [1.165, 1.54) is 6.07 Å². The minimum absolute atomic E-state index is 0.181. The van der Waals surface area contributed by atoms with Gasteiger partial charge in [0.1, 0.15) is 0 Å². The number of benzene rings is 1. The van der Waals surface area contributed by atoms with Gasteiger partial charge in [-0.3, -0.25) is 19.8 Å². The van der Waals surface area contributed by atoms with Gasteiger partial charge in [0.05, 0.1) is 11.7 Å². The second-order valence-corrected chi connectivity index (χ2v) is 4.03. The molecule has 0 saturated heterocycles. The van der Waals surface area contributed by atoms with E-state index in [0.717, 1.165) is 5.56 Å². The van der Waals surface area contributed by atoms with Crippen LogP contribution in [0.1, 0.15) is 6.92 Å². The first-order valence-corrected chi connectivity index (χ1v) is 5.51. The highest BCUT2D eigenvalue weighted by molar-refractivity contribution is 5.94. The normalized spacial score (nSPS) is 12.1. The first-order chi connectivity index (χ1) is 8.56. The van der Waals surface area contributed by atoms with Crippen LogP contribution in [0, 0.1) is 0 Å². The van der Waals surface area contributed by atoms with Gasteiger partial charge in [0.25, 0.3) is 5.56 Å². The standard InChI is InChI=1S/C12H14N4O2/c1-7(13)12(18)14-9-4-2-8(3-5-9)10-6-11(17)16-15-10/h2-7H,13H2,1H3,(H,14,18)(H2,15,16,17). The van der Waals surface area contributed by atoms with Crippen molar-refractivity contribution < 1.29 is 4.79 Å². The number of nitrogens with two attached hydrogens (primary N) is 1. The van der Waals surface area contributed by atoms with Gasteiger partial charge in [0.15, 0.2) is 0 Å². The molecule has 1 amide bonds. The number of aromatic amines is 2. The molecule has 6 heteroatoms. The van der Waals surface area contributed by atoms with Crippen LogP contribution in [0.4, 0.5) is 5.69 Å². The molecule has 94 valence electrons. The highest BCUT2D eigenvalue weighted by Gasteiger charge is 2.07. The predicted octanol–water partition coefficient (Wildman–Crippen LogP) is 0.656. The average Bonchev–Trinajstić information content (AvgIpc) is 2.76. The van der Waals surface area contributed by atoms with Crippen molar-refractivity contribution >= 4 is 11.6 Å². The molecule has 18 heavy (non-hydrogen) atoms. The van der Waals surface area contributed by atoms with Crippen molar-refractivity contribution in [3.8, 4) is 11.3 Å². The highest BCUT2D eigenvalue weighted by Crippen LogP contribution is 2.17. The zero-order chi connectivity index (χ0) is 13.1. The van der Waals surface area contributed by atoms with Crippen LogP contribution in [0.5, 0.6) is 0 Å². The maximum absolute atomic E-state index is 11.4. The molecule has 1 aromatic heterocycles. The first kappa shape index (κ1) is 12.1. The summed E-state index contributed by atoms with van der Waals surface area (Å²) in [6.07, 6.45) is 0. The summed E-state index contributed by atoms with van der Waals surface area (Å²) < 4.78 is 0. The third-order valence-corrected chi connectivity index (χ3v) is 2.47. The van der Waals surface area contributed by atoms with Gasteiger partial charge in [0, 0.05) is 11.8 Å². The van der Waals surface area contributed by atoms with Crippen molar-refractivity contribution in [1.29, 1.82) is 0 Å². The van der Waals surface area contributed by atoms with E-state index < -0.39 is 6.04 Å². The quantitative estimate of drug-likeness (QED) is 0.639. The number of nitrogens with one attached hydrogen (secondary N) is 3. The Balaban J connectivity index is 2.15. The molecular formula is C12H14N4O2. The lowest BCUT2D eigenvalue weighted by Crippen LogP contribution is -2.32. The van der Waals surface area contributed by atoms with Gasteiger partial charge in [-0.15, -0.1) is 0 Å². The third-order valence-electron chi connectivity index (χ3n) is 2.47. The van der Waals surface area contributed by atoms with E-state index >= 15 is 0 Å². The number of aromatic nitrogens is 2. The Kier molecular flexibility index (Phi) is 3.29. The van der Waals surface area contributed by atoms with E-state index in [1.807, 2.05) is 0 Å². The lowest BCUT2D eigenvalue weighted by Gasteiger charge is -2.07. The fourth-order valence-corrected chi connectivity index (χ4v) is 1.48. The Morgan fingerprint density at radius 1 is 1.28 bits per heavy atom. The lowest BCUT2D eigenvalue weighted by atomic mass is 10.1. The minimum atomic E-state index is -0.550. The molecule has 0 spiro atoms. The molecule has 6 nitrogen and oxygen atoms in total. The molecule has 0 aliphatic rings. The van der Waals surface area contributed by atoms with Crippen LogP contribution < -0.4 is 16.6 Å². The summed E-state index contributed by atoms with van der Waals surface area (Å²) in [7, 11) is 0. The van der Waals surface area contributed by atoms with Gasteiger partial charge in [-0.2, -0.15) is 0 Å². The first-order valence-electron chi connectivity index (χ1n) is 5.51. The number of carbonyl (C=O) groups excluding carboxylic acids is 1. The fourth-order valence-electron chi connectivity index (χ4n) is 1.48. The van der Waals surface area contributed by atoms with Crippen LogP contribution in [0.25, 0.3) is 11.3 Å². The molecule has 0 bridgehead atoms. The second-order valence-electron chi connectivity index (χ2n) is 4.03. The molecule has 2 rings (SSSR count). The summed E-state index contributed by atoms with van der Waals surface area (Å²) in [5.41, 5.74) is 7.49. The van der Waals surface area contributed by atoms with Crippen molar-refractivity contribution in [2.75, 3.05) is 5.32 Å². The van der Waals surface area contributed by atoms with Crippen LogP contribution in [0.15, 0.2) is 35.1 Å². The van der Waals surface area contributed by atoms with E-state index in [2.05, 4.69) is 15.5 Å². The maximum atomic E-state index is 11.4. The van der Waals surface area contributed by atoms with Gasteiger partial charge < -0.3 is 11.1 Å². The van der Waals surface area contributed by atoms with Gasteiger partial charge in [0.2, 0.25) is 5.91 Å². The summed E-state index contributed by atoms with van der Waals surface area (Å²) in [4.78, 5) is 22.4. The number of carbonyl (C=O) groups is 1. The zero-order valence-corrected chi connectivity index (χ0v) is 9.86. The van der Waals surface area contributed by atoms with Crippen molar-refractivity contribution in [1.82, 2.24) is 10.2 Å². The monoisotopic (exact) mass is 246 g/mol. The van der Waals surface area contributed by atoms with Gasteiger partial charge >= 0.3 is 0 Å². The second kappa shape index (κ2) is 4.89. The predicted molar refractivity (Wildman–Crippen MR) is 69.1 cm³/mol. The van der Waals surface area contributed by atoms with Crippen LogP contribution in [0.3, 0.4) is 0 Å². The Hall–Kier alpha value is -2.34. The van der Waals surface area contributed by atoms with Crippen LogP contribution in [-0.2, 0) is 4.79 Å². The van der Waals surface area contributed by atoms with Crippen molar-refractivity contribution in [2.45, 2.75) is 13.0 Å². The molecule has 0 saturated carbocycles. The third kappa shape index (κ3) is 2.67. The molecule has 1 unspecified atom stereocenters. The molecule has 2 aromatic rings. The minimum Gasteiger partial charge on any atom is -0.325 e. The Morgan fingerprint density at radius 3 is 2.44 bits per heavy atom. The zero-order valence-electron chi connectivity index (χ0n) is 9.86. The topological polar surface area (TPSA) is 104 Å². The largest absolute Gasteiger partial charge is 0.325 e. The molecular weight excluding hydrogens is 232 g/mol. The number of rotatable bonds is 3. The fraction of sp³-hybridized carbons (Fsp3) is 0.167. The summed E-state index contributed by atoms with van der Waals surface area (Å²) >= 11 is 0. The summed E-state index contributed by atoms with van der Waals surface area (Å²) in [5, 5.41) is 7.90. The molecule has 0 aliphatic carbocycles. The number of hydrogen-bond donors (Lipinski definition) is 4. The Labute approximate surface area is 103 Å². The maximum Gasteiger partial charge on any atom is 0.264 e. The molecule has 1 atom stereocenters. The Morgan fingerprint density at radius 2 is 1.94 bits per heavy atom. The number of H-pyrrole nitrogens is 2. The smallest absolute Gasteiger partial charge is 0.264 e. The molecule has 0 radical (unpaired) electrons. The molecule has 0 aliphatic heterocycles. The summed E-state index contributed by atoms with van der Waals surface area (Å²) in [6, 6.07) is 8.02. The summed E-state index contributed by atoms with van der Waals surface area (Å²) in [6.45, 7) is 1.62. The number of anilines is 1. The van der Waals surface area contributed by atoms with E-state index in [0.29, 0.717) is 11.4 Å². The number of amides is 1. The van der Waals surface area contributed by atoms with Crippen LogP contribution in [-0.4, -0.2) is 22.1 Å². The van der Waals surface area contributed by atoms with Crippen molar-refractivity contribution in [3.05, 3.63) is 40.7 Å². The average molecular weight is 246 g/mol. The molecule has 5 N–H and O–H groups in total. The SMILES string of the molecule is CC(N)C(=O)Nc1ccc(-c2cc(=O)[nH][nH]2)cc1. The van der Waals surface area contributed by atoms with E-state index in [-0.39, 0.29) is 11.5 Å². The lowest BCUT2D eigenvalue weighted by molar-refractivity contribution is -0.117.